The van der Waals surface area contributed by atoms with Crippen LogP contribution in [0.15, 0.2) is 29.0 Å². The molecular weight excluding hydrogens is 338 g/mol. The number of rotatable bonds is 6. The van der Waals surface area contributed by atoms with Gasteiger partial charge in [-0.3, -0.25) is 4.79 Å². The summed E-state index contributed by atoms with van der Waals surface area (Å²) in [5.74, 6) is -0.569. The third kappa shape index (κ3) is 3.20. The highest BCUT2D eigenvalue weighted by Gasteiger charge is 2.21. The zero-order chi connectivity index (χ0) is 15.6. The van der Waals surface area contributed by atoms with E-state index in [0.29, 0.717) is 17.7 Å². The van der Waals surface area contributed by atoms with Crippen LogP contribution in [0.2, 0.25) is 0 Å². The van der Waals surface area contributed by atoms with Gasteiger partial charge in [0.1, 0.15) is 0 Å². The van der Waals surface area contributed by atoms with Gasteiger partial charge in [0.25, 0.3) is 5.91 Å². The number of hydrogen-bond acceptors (Lipinski definition) is 4. The van der Waals surface area contributed by atoms with Gasteiger partial charge in [0.2, 0.25) is 0 Å². The predicted molar refractivity (Wildman–Crippen MR) is 84.4 cm³/mol. The molecule has 5 N–H and O–H groups in total. The number of primary amides is 1. The maximum absolute atomic E-state index is 11.6. The van der Waals surface area contributed by atoms with E-state index in [0.717, 1.165) is 9.99 Å². The van der Waals surface area contributed by atoms with E-state index in [2.05, 4.69) is 21.2 Å². The molecule has 0 aromatic carbocycles. The van der Waals surface area contributed by atoms with Gasteiger partial charge < -0.3 is 25.7 Å². The van der Waals surface area contributed by atoms with Gasteiger partial charge in [0.15, 0.2) is 0 Å². The van der Waals surface area contributed by atoms with Crippen molar-refractivity contribution in [3.05, 3.63) is 34.6 Å². The Balaban J connectivity index is 2.53. The summed E-state index contributed by atoms with van der Waals surface area (Å²) in [6.07, 6.45) is 3.33. The number of aliphatic hydroxyl groups is 2. The topological polar surface area (TPSA) is 100.0 Å². The molecule has 2 rings (SSSR count). The first-order chi connectivity index (χ1) is 9.97. The van der Waals surface area contributed by atoms with Crippen LogP contribution in [0.25, 0.3) is 5.52 Å². The van der Waals surface area contributed by atoms with Gasteiger partial charge in [-0.15, -0.1) is 0 Å². The number of carbonyl (C=O) groups is 1. The number of hydrogen-bond donors (Lipinski definition) is 4. The normalized spacial score (nSPS) is 14.1. The molecule has 0 aliphatic carbocycles. The molecule has 0 radical (unpaired) electrons. The maximum Gasteiger partial charge on any atom is 0.250 e. The minimum Gasteiger partial charge on any atom is -0.394 e. The standard InChI is InChI=1S/C14H18BrN3O3/c1-2-12(20)10(7-19)17-13-9(14(16)21)3-4-18-6-8(15)5-11(13)18/h3-6,10,12,17,19-20H,2,7H2,1H3,(H2,16,21)/t10-,12-/m1/s1. The van der Waals surface area contributed by atoms with Crippen LogP contribution >= 0.6 is 15.9 Å². The average Bonchev–Trinajstić information content (AvgIpc) is 2.83. The number of aromatic nitrogens is 1. The molecule has 0 aliphatic heterocycles. The highest BCUT2D eigenvalue weighted by Crippen LogP contribution is 2.27. The summed E-state index contributed by atoms with van der Waals surface area (Å²) in [6, 6.07) is 2.87. The lowest BCUT2D eigenvalue weighted by molar-refractivity contribution is 0.0998. The minimum atomic E-state index is -0.727. The summed E-state index contributed by atoms with van der Waals surface area (Å²) in [6.45, 7) is 1.56. The molecule has 21 heavy (non-hydrogen) atoms. The second-order valence-electron chi connectivity index (χ2n) is 4.83. The van der Waals surface area contributed by atoms with E-state index >= 15 is 0 Å². The lowest BCUT2D eigenvalue weighted by atomic mass is 10.1. The van der Waals surface area contributed by atoms with Gasteiger partial charge in [-0.1, -0.05) is 6.92 Å². The second-order valence-corrected chi connectivity index (χ2v) is 5.74. The van der Waals surface area contributed by atoms with Crippen molar-refractivity contribution in [3.8, 4) is 0 Å². The van der Waals surface area contributed by atoms with Gasteiger partial charge in [-0.05, 0) is 34.5 Å². The van der Waals surface area contributed by atoms with Crippen LogP contribution in [-0.4, -0.2) is 39.3 Å². The molecule has 7 heteroatoms. The van der Waals surface area contributed by atoms with Crippen LogP contribution in [0.5, 0.6) is 0 Å². The van der Waals surface area contributed by atoms with E-state index in [9.17, 15) is 15.0 Å². The molecule has 0 saturated carbocycles. The van der Waals surface area contributed by atoms with Crippen molar-refractivity contribution in [3.63, 3.8) is 0 Å². The lowest BCUT2D eigenvalue weighted by Crippen LogP contribution is -2.37. The second kappa shape index (κ2) is 6.46. The van der Waals surface area contributed by atoms with Gasteiger partial charge in [-0.2, -0.15) is 0 Å². The number of pyridine rings is 1. The largest absolute Gasteiger partial charge is 0.394 e. The number of aliphatic hydroxyl groups excluding tert-OH is 2. The fraction of sp³-hybridized carbons (Fsp3) is 0.357. The summed E-state index contributed by atoms with van der Waals surface area (Å²) in [7, 11) is 0. The van der Waals surface area contributed by atoms with E-state index in [1.165, 1.54) is 0 Å². The van der Waals surface area contributed by atoms with Crippen LogP contribution in [0.3, 0.4) is 0 Å². The molecule has 0 saturated heterocycles. The third-order valence-electron chi connectivity index (χ3n) is 3.42. The molecule has 2 aromatic rings. The fourth-order valence-corrected chi connectivity index (χ4v) is 2.67. The SMILES string of the molecule is CC[C@@H](O)[C@@H](CO)Nc1c(C(N)=O)ccn2cc(Br)cc12. The molecule has 0 fully saturated rings. The Bertz CT molecular complexity index is 656. The quantitative estimate of drug-likeness (QED) is 0.628. The van der Waals surface area contributed by atoms with Crippen molar-refractivity contribution in [2.75, 3.05) is 11.9 Å². The van der Waals surface area contributed by atoms with Crippen molar-refractivity contribution in [2.45, 2.75) is 25.5 Å². The molecule has 114 valence electrons. The molecule has 0 aliphatic rings. The number of nitrogens with one attached hydrogen (secondary N) is 1. The number of carbonyl (C=O) groups excluding carboxylic acids is 1. The van der Waals surface area contributed by atoms with E-state index in [4.69, 9.17) is 5.73 Å². The molecule has 0 bridgehead atoms. The van der Waals surface area contributed by atoms with Crippen LogP contribution in [0.1, 0.15) is 23.7 Å². The number of anilines is 1. The first-order valence-electron chi connectivity index (χ1n) is 6.63. The van der Waals surface area contributed by atoms with Crippen LogP contribution in [0, 0.1) is 0 Å². The number of fused-ring (bicyclic) bond motifs is 1. The molecule has 6 nitrogen and oxygen atoms in total. The van der Waals surface area contributed by atoms with Crippen LogP contribution in [0.4, 0.5) is 5.69 Å². The molecule has 0 unspecified atom stereocenters. The van der Waals surface area contributed by atoms with E-state index < -0.39 is 18.1 Å². The third-order valence-corrected chi connectivity index (χ3v) is 3.85. The van der Waals surface area contributed by atoms with Crippen molar-refractivity contribution in [1.29, 1.82) is 0 Å². The smallest absolute Gasteiger partial charge is 0.250 e. The van der Waals surface area contributed by atoms with Crippen LogP contribution in [-0.2, 0) is 0 Å². The van der Waals surface area contributed by atoms with E-state index in [1.54, 1.807) is 12.3 Å². The summed E-state index contributed by atoms with van der Waals surface area (Å²) < 4.78 is 2.68. The summed E-state index contributed by atoms with van der Waals surface area (Å²) in [4.78, 5) is 11.6. The fourth-order valence-electron chi connectivity index (χ4n) is 2.24. The van der Waals surface area contributed by atoms with Crippen molar-refractivity contribution in [2.24, 2.45) is 5.73 Å². The Morgan fingerprint density at radius 3 is 2.86 bits per heavy atom. The van der Waals surface area contributed by atoms with Crippen molar-refractivity contribution < 1.29 is 15.0 Å². The van der Waals surface area contributed by atoms with Crippen molar-refractivity contribution in [1.82, 2.24) is 4.40 Å². The number of nitrogens with two attached hydrogens (primary N) is 1. The van der Waals surface area contributed by atoms with Crippen molar-refractivity contribution >= 4 is 33.0 Å². The first-order valence-corrected chi connectivity index (χ1v) is 7.42. The summed E-state index contributed by atoms with van der Waals surface area (Å²) in [5, 5.41) is 22.4. The predicted octanol–water partition coefficient (Wildman–Crippen LogP) is 1.34. The molecule has 0 spiro atoms. The van der Waals surface area contributed by atoms with E-state index in [1.807, 2.05) is 23.6 Å². The Kier molecular flexibility index (Phi) is 4.87. The van der Waals surface area contributed by atoms with Gasteiger partial charge in [-0.25, -0.2) is 0 Å². The van der Waals surface area contributed by atoms with Gasteiger partial charge in [0, 0.05) is 16.9 Å². The number of amides is 1. The lowest BCUT2D eigenvalue weighted by Gasteiger charge is -2.24. The molecule has 2 aromatic heterocycles. The summed E-state index contributed by atoms with van der Waals surface area (Å²) >= 11 is 3.38. The Morgan fingerprint density at radius 2 is 2.29 bits per heavy atom. The number of halogens is 1. The zero-order valence-corrected chi connectivity index (χ0v) is 13.2. The minimum absolute atomic E-state index is 0.254. The van der Waals surface area contributed by atoms with Gasteiger partial charge >= 0.3 is 0 Å². The monoisotopic (exact) mass is 355 g/mol. The molecule has 2 atom stereocenters. The number of nitrogens with zero attached hydrogens (tertiary/aromatic N) is 1. The molecule has 2 heterocycles. The zero-order valence-electron chi connectivity index (χ0n) is 11.6. The Hall–Kier alpha value is -1.57. The molecule has 1 amide bonds. The highest BCUT2D eigenvalue weighted by molar-refractivity contribution is 9.10. The maximum atomic E-state index is 11.6. The average molecular weight is 356 g/mol. The van der Waals surface area contributed by atoms with Crippen LogP contribution < -0.4 is 11.1 Å². The van der Waals surface area contributed by atoms with E-state index in [-0.39, 0.29) is 6.61 Å². The Labute approximate surface area is 130 Å². The Morgan fingerprint density at radius 1 is 1.57 bits per heavy atom. The summed E-state index contributed by atoms with van der Waals surface area (Å²) in [5.41, 5.74) is 6.97. The van der Waals surface area contributed by atoms with Gasteiger partial charge in [0.05, 0.1) is 35.5 Å². The molecular formula is C14H18BrN3O3. The first kappa shape index (κ1) is 15.8. The highest BCUT2D eigenvalue weighted by atomic mass is 79.9.